The Morgan fingerprint density at radius 2 is 1.96 bits per heavy atom. The minimum atomic E-state index is -0.0499. The lowest BCUT2D eigenvalue weighted by Crippen LogP contribution is -2.30. The van der Waals surface area contributed by atoms with Crippen LogP contribution in [0, 0.1) is 0 Å². The van der Waals surface area contributed by atoms with E-state index in [1.54, 1.807) is 6.20 Å². The lowest BCUT2D eigenvalue weighted by molar-refractivity contribution is 0.278. The summed E-state index contributed by atoms with van der Waals surface area (Å²) in [5, 5.41) is 0. The molecule has 0 amide bonds. The molecule has 1 aromatic heterocycles. The van der Waals surface area contributed by atoms with Crippen molar-refractivity contribution in [2.75, 3.05) is 6.61 Å². The average molecular weight is 332 g/mol. The van der Waals surface area contributed by atoms with Crippen molar-refractivity contribution >= 4 is 0 Å². The van der Waals surface area contributed by atoms with Crippen LogP contribution in [0.5, 0.6) is 11.5 Å². The Labute approximate surface area is 147 Å². The van der Waals surface area contributed by atoms with Gasteiger partial charge in [0.2, 0.25) is 0 Å². The fourth-order valence-corrected chi connectivity index (χ4v) is 3.07. The van der Waals surface area contributed by atoms with Crippen LogP contribution in [0.15, 0.2) is 67.0 Å². The summed E-state index contributed by atoms with van der Waals surface area (Å²) in [7, 11) is 0. The van der Waals surface area contributed by atoms with E-state index in [1.165, 1.54) is 11.1 Å². The van der Waals surface area contributed by atoms with Crippen molar-refractivity contribution in [1.82, 2.24) is 4.98 Å². The van der Waals surface area contributed by atoms with E-state index >= 15 is 0 Å². The second kappa shape index (κ2) is 6.95. The van der Waals surface area contributed by atoms with Crippen LogP contribution in [0.2, 0.25) is 0 Å². The molecule has 0 saturated carbocycles. The van der Waals surface area contributed by atoms with Gasteiger partial charge in [-0.15, -0.1) is 0 Å². The maximum absolute atomic E-state index is 6.19. The van der Waals surface area contributed by atoms with Crippen LogP contribution < -0.4 is 15.2 Å². The third kappa shape index (κ3) is 3.49. The molecule has 3 aromatic rings. The van der Waals surface area contributed by atoms with E-state index in [-0.39, 0.29) is 6.04 Å². The van der Waals surface area contributed by atoms with Gasteiger partial charge in [-0.1, -0.05) is 30.3 Å². The first kappa shape index (κ1) is 15.7. The highest BCUT2D eigenvalue weighted by atomic mass is 16.5. The van der Waals surface area contributed by atoms with Gasteiger partial charge in [0.1, 0.15) is 24.7 Å². The van der Waals surface area contributed by atoms with E-state index in [4.69, 9.17) is 15.2 Å². The molecular formula is C21H20N2O2. The zero-order valence-electron chi connectivity index (χ0n) is 13.9. The Balaban J connectivity index is 1.43. The van der Waals surface area contributed by atoms with Gasteiger partial charge in [0.05, 0.1) is 0 Å². The van der Waals surface area contributed by atoms with E-state index in [2.05, 4.69) is 17.1 Å². The van der Waals surface area contributed by atoms with E-state index in [9.17, 15) is 0 Å². The minimum Gasteiger partial charge on any atom is -0.492 e. The molecule has 25 heavy (non-hydrogen) atoms. The summed E-state index contributed by atoms with van der Waals surface area (Å²) in [6.07, 6.45) is 4.45. The third-order valence-electron chi connectivity index (χ3n) is 4.33. The number of pyridine rings is 1. The maximum Gasteiger partial charge on any atom is 0.131 e. The van der Waals surface area contributed by atoms with Crippen molar-refractivity contribution in [2.24, 2.45) is 5.73 Å². The largest absolute Gasteiger partial charge is 0.492 e. The van der Waals surface area contributed by atoms with Crippen LogP contribution in [-0.4, -0.2) is 17.6 Å². The van der Waals surface area contributed by atoms with Crippen molar-refractivity contribution in [3.8, 4) is 22.6 Å². The lowest BCUT2D eigenvalue weighted by atomic mass is 9.99. The summed E-state index contributed by atoms with van der Waals surface area (Å²) < 4.78 is 11.7. The van der Waals surface area contributed by atoms with Crippen LogP contribution in [-0.2, 0) is 13.0 Å². The first-order chi connectivity index (χ1) is 12.3. The monoisotopic (exact) mass is 332 g/mol. The third-order valence-corrected chi connectivity index (χ3v) is 4.33. The number of hydrogen-bond donors (Lipinski definition) is 1. The van der Waals surface area contributed by atoms with Crippen molar-refractivity contribution in [3.05, 3.63) is 78.1 Å². The number of hydrogen-bond acceptors (Lipinski definition) is 4. The molecular weight excluding hydrogens is 312 g/mol. The Morgan fingerprint density at radius 1 is 1.08 bits per heavy atom. The molecule has 4 rings (SSSR count). The molecule has 1 atom stereocenters. The van der Waals surface area contributed by atoms with Gasteiger partial charge in [0.25, 0.3) is 0 Å². The molecule has 4 heteroatoms. The molecule has 1 aliphatic rings. The Morgan fingerprint density at radius 3 is 2.84 bits per heavy atom. The highest BCUT2D eigenvalue weighted by Crippen LogP contribution is 2.39. The number of aromatic nitrogens is 1. The molecule has 1 aliphatic heterocycles. The van der Waals surface area contributed by atoms with Gasteiger partial charge in [-0.3, -0.25) is 4.98 Å². The van der Waals surface area contributed by atoms with Crippen molar-refractivity contribution < 1.29 is 9.47 Å². The quantitative estimate of drug-likeness (QED) is 0.776. The summed E-state index contributed by atoms with van der Waals surface area (Å²) in [5.41, 5.74) is 10.8. The molecule has 126 valence electrons. The minimum absolute atomic E-state index is 0.0499. The molecule has 0 bridgehead atoms. The van der Waals surface area contributed by atoms with Crippen LogP contribution in [0.4, 0.5) is 0 Å². The Hall–Kier alpha value is -2.85. The number of rotatable bonds is 5. The predicted octanol–water partition coefficient (Wildman–Crippen LogP) is 3.59. The summed E-state index contributed by atoms with van der Waals surface area (Å²) in [4.78, 5) is 4.15. The molecule has 0 saturated heterocycles. The topological polar surface area (TPSA) is 57.4 Å². The van der Waals surface area contributed by atoms with Crippen molar-refractivity contribution in [2.45, 2.75) is 19.1 Å². The normalized spacial score (nSPS) is 13.3. The zero-order valence-corrected chi connectivity index (χ0v) is 13.9. The summed E-state index contributed by atoms with van der Waals surface area (Å²) >= 11 is 0. The van der Waals surface area contributed by atoms with Gasteiger partial charge >= 0.3 is 0 Å². The van der Waals surface area contributed by atoms with Gasteiger partial charge in [-0.05, 0) is 35.7 Å². The number of ether oxygens (including phenoxy) is 2. The smallest absolute Gasteiger partial charge is 0.131 e. The van der Waals surface area contributed by atoms with Crippen LogP contribution in [0.25, 0.3) is 11.1 Å². The molecule has 4 nitrogen and oxygen atoms in total. The zero-order chi connectivity index (χ0) is 17.1. The summed E-state index contributed by atoms with van der Waals surface area (Å²) in [6, 6.07) is 18.1. The Kier molecular flexibility index (Phi) is 4.36. The van der Waals surface area contributed by atoms with Crippen molar-refractivity contribution in [3.63, 3.8) is 0 Å². The number of benzene rings is 2. The van der Waals surface area contributed by atoms with Crippen molar-refractivity contribution in [1.29, 1.82) is 0 Å². The summed E-state index contributed by atoms with van der Waals surface area (Å²) in [5.74, 6) is 1.62. The predicted molar refractivity (Wildman–Crippen MR) is 97.6 cm³/mol. The highest BCUT2D eigenvalue weighted by molar-refractivity contribution is 5.75. The van der Waals surface area contributed by atoms with Gasteiger partial charge in [-0.2, -0.15) is 0 Å². The van der Waals surface area contributed by atoms with Crippen LogP contribution >= 0.6 is 0 Å². The van der Waals surface area contributed by atoms with Gasteiger partial charge in [0.15, 0.2) is 0 Å². The second-order valence-electron chi connectivity index (χ2n) is 6.24. The number of nitrogens with two attached hydrogens (primary N) is 1. The lowest BCUT2D eigenvalue weighted by Gasteiger charge is -2.21. The Bertz CT molecular complexity index is 865. The molecule has 0 unspecified atom stereocenters. The maximum atomic E-state index is 6.19. The van der Waals surface area contributed by atoms with E-state index < -0.39 is 0 Å². The SMILES string of the molecule is N[C@@H](COc1ccc2c(c1)OCc1cnccc1-2)Cc1ccccc1. The van der Waals surface area contributed by atoms with Gasteiger partial charge < -0.3 is 15.2 Å². The first-order valence-corrected chi connectivity index (χ1v) is 8.42. The fourth-order valence-electron chi connectivity index (χ4n) is 3.07. The number of fused-ring (bicyclic) bond motifs is 3. The molecule has 0 aliphatic carbocycles. The second-order valence-corrected chi connectivity index (χ2v) is 6.24. The molecule has 2 N–H and O–H groups in total. The fraction of sp³-hybridized carbons (Fsp3) is 0.190. The summed E-state index contributed by atoms with van der Waals surface area (Å²) in [6.45, 7) is 1.00. The molecule has 0 radical (unpaired) electrons. The van der Waals surface area contributed by atoms with E-state index in [0.29, 0.717) is 13.2 Å². The van der Waals surface area contributed by atoms with E-state index in [1.807, 2.05) is 48.7 Å². The van der Waals surface area contributed by atoms with Crippen LogP contribution in [0.3, 0.4) is 0 Å². The van der Waals surface area contributed by atoms with E-state index in [0.717, 1.165) is 29.0 Å². The van der Waals surface area contributed by atoms with Gasteiger partial charge in [-0.25, -0.2) is 0 Å². The molecule has 0 spiro atoms. The standard InChI is InChI=1S/C21H20N2O2/c22-17(10-15-4-2-1-3-5-15)14-24-18-6-7-20-19-8-9-23-12-16(19)13-25-21(20)11-18/h1-9,11-12,17H,10,13-14,22H2/t17-/m1/s1. The molecule has 2 aromatic carbocycles. The van der Waals surface area contributed by atoms with Gasteiger partial charge in [0, 0.05) is 35.6 Å². The highest BCUT2D eigenvalue weighted by Gasteiger charge is 2.18. The molecule has 2 heterocycles. The molecule has 0 fully saturated rings. The van der Waals surface area contributed by atoms with Crippen LogP contribution in [0.1, 0.15) is 11.1 Å². The average Bonchev–Trinajstić information content (AvgIpc) is 2.67. The number of nitrogens with zero attached hydrogens (tertiary/aromatic N) is 1. The first-order valence-electron chi connectivity index (χ1n) is 8.42.